The number of carbonyl (C=O) groups excluding carboxylic acids is 4. The van der Waals surface area contributed by atoms with Crippen LogP contribution in [0.15, 0.2) is 86.0 Å². The van der Waals surface area contributed by atoms with Gasteiger partial charge in [-0.15, -0.1) is 13.2 Å². The van der Waals surface area contributed by atoms with Gasteiger partial charge in [-0.1, -0.05) is 72.8 Å². The number of nitrogens with one attached hydrogen (secondary N) is 3. The van der Waals surface area contributed by atoms with E-state index in [1.165, 1.54) is 0 Å². The van der Waals surface area contributed by atoms with E-state index in [0.717, 1.165) is 11.1 Å². The molecule has 10 nitrogen and oxygen atoms in total. The number of esters is 1. The van der Waals surface area contributed by atoms with Crippen molar-refractivity contribution in [2.75, 3.05) is 19.8 Å². The van der Waals surface area contributed by atoms with Gasteiger partial charge in [0.05, 0.1) is 24.5 Å². The molecule has 10 heteroatoms. The average Bonchev–Trinajstić information content (AvgIpc) is 3.08. The smallest absolute Gasteiger partial charge is 0.407 e. The minimum Gasteiger partial charge on any atom is -0.463 e. The summed E-state index contributed by atoms with van der Waals surface area (Å²) in [5.74, 6) is -2.11. The molecule has 0 radical (unpaired) electrons. The van der Waals surface area contributed by atoms with Crippen LogP contribution < -0.4 is 16.0 Å². The number of unbranched alkanes of at least 4 members (excludes halogenated alkanes) is 1. The van der Waals surface area contributed by atoms with Crippen molar-refractivity contribution in [3.05, 3.63) is 97.1 Å². The number of hydrogen-bond donors (Lipinski definition) is 4. The molecular weight excluding hydrogens is 598 g/mol. The van der Waals surface area contributed by atoms with Crippen molar-refractivity contribution < 1.29 is 33.8 Å². The standard InChI is InChI=1S/C37H51N3O7/c1-4-6-20-32(23-29-16-9-7-10-17-29)36(44)46-27-33(40-35(43)31(15-5-2)24-34(42)39-28(3)25-41)21-13-14-22-38-37(45)47-26-30-18-11-8-12-19-30/h4-5,7-12,16-19,28,31-33,41H,1-2,6,13-15,20-27H2,3H3,(H,38,45)(H,39,42)(H,40,43)/t28-,31-,32+,33-/m0/s1. The van der Waals surface area contributed by atoms with Crippen LogP contribution in [0.25, 0.3) is 0 Å². The topological polar surface area (TPSA) is 143 Å². The lowest BCUT2D eigenvalue weighted by atomic mass is 9.95. The fraction of sp³-hybridized carbons (Fsp3) is 0.459. The molecule has 0 fully saturated rings. The molecule has 2 aromatic rings. The number of aliphatic hydroxyl groups is 1. The van der Waals surface area contributed by atoms with Gasteiger partial charge in [-0.05, 0) is 63.0 Å². The molecule has 0 saturated carbocycles. The minimum absolute atomic E-state index is 0.0367. The lowest BCUT2D eigenvalue weighted by molar-refractivity contribution is -0.150. The second-order valence-corrected chi connectivity index (χ2v) is 11.6. The lowest BCUT2D eigenvalue weighted by Crippen LogP contribution is -2.44. The van der Waals surface area contributed by atoms with Crippen LogP contribution in [0, 0.1) is 11.8 Å². The Labute approximate surface area is 279 Å². The van der Waals surface area contributed by atoms with Crippen molar-refractivity contribution in [1.29, 1.82) is 0 Å². The number of aliphatic hydroxyl groups excluding tert-OH is 1. The summed E-state index contributed by atoms with van der Waals surface area (Å²) in [6.45, 7) is 9.47. The van der Waals surface area contributed by atoms with Gasteiger partial charge >= 0.3 is 12.1 Å². The third-order valence-electron chi connectivity index (χ3n) is 7.55. The fourth-order valence-electron chi connectivity index (χ4n) is 4.91. The van der Waals surface area contributed by atoms with Crippen molar-refractivity contribution in [2.24, 2.45) is 11.8 Å². The Kier molecular flexibility index (Phi) is 18.9. The second kappa shape index (κ2) is 23.0. The van der Waals surface area contributed by atoms with E-state index in [9.17, 15) is 24.3 Å². The Balaban J connectivity index is 2.00. The van der Waals surface area contributed by atoms with E-state index in [-0.39, 0.29) is 56.4 Å². The zero-order valence-electron chi connectivity index (χ0n) is 27.5. The maximum absolute atomic E-state index is 13.3. The van der Waals surface area contributed by atoms with E-state index >= 15 is 0 Å². The van der Waals surface area contributed by atoms with Crippen LogP contribution in [0.2, 0.25) is 0 Å². The van der Waals surface area contributed by atoms with Crippen LogP contribution in [0.5, 0.6) is 0 Å². The van der Waals surface area contributed by atoms with E-state index in [1.807, 2.05) is 60.7 Å². The number of ether oxygens (including phenoxy) is 2. The van der Waals surface area contributed by atoms with Gasteiger partial charge in [0.25, 0.3) is 0 Å². The van der Waals surface area contributed by atoms with E-state index in [4.69, 9.17) is 9.47 Å². The number of allylic oxidation sites excluding steroid dienone is 2. The van der Waals surface area contributed by atoms with E-state index in [2.05, 4.69) is 29.1 Å². The average molecular weight is 650 g/mol. The van der Waals surface area contributed by atoms with E-state index in [1.54, 1.807) is 19.1 Å². The van der Waals surface area contributed by atoms with Gasteiger partial charge in [-0.3, -0.25) is 14.4 Å². The van der Waals surface area contributed by atoms with Crippen LogP contribution in [-0.2, 0) is 36.9 Å². The quantitative estimate of drug-likeness (QED) is 0.0753. The first kappa shape index (κ1) is 38.7. The highest BCUT2D eigenvalue weighted by Gasteiger charge is 2.26. The number of benzene rings is 2. The molecule has 0 aliphatic heterocycles. The molecule has 0 aliphatic rings. The summed E-state index contributed by atoms with van der Waals surface area (Å²) in [7, 11) is 0. The molecule has 0 saturated heterocycles. The van der Waals surface area contributed by atoms with Crippen molar-refractivity contribution >= 4 is 23.9 Å². The maximum Gasteiger partial charge on any atom is 0.407 e. The monoisotopic (exact) mass is 649 g/mol. The molecule has 2 aromatic carbocycles. The summed E-state index contributed by atoms with van der Waals surface area (Å²) < 4.78 is 11.0. The van der Waals surface area contributed by atoms with Gasteiger partial charge in [-0.25, -0.2) is 4.79 Å². The largest absolute Gasteiger partial charge is 0.463 e. The van der Waals surface area contributed by atoms with Crippen molar-refractivity contribution in [1.82, 2.24) is 16.0 Å². The molecule has 3 amide bonds. The molecule has 0 aromatic heterocycles. The molecule has 0 unspecified atom stereocenters. The molecule has 0 bridgehead atoms. The Morgan fingerprint density at radius 3 is 2.17 bits per heavy atom. The number of rotatable bonds is 23. The molecule has 47 heavy (non-hydrogen) atoms. The highest BCUT2D eigenvalue weighted by molar-refractivity contribution is 5.86. The Hall–Kier alpha value is -4.44. The molecule has 4 N–H and O–H groups in total. The predicted molar refractivity (Wildman–Crippen MR) is 182 cm³/mol. The van der Waals surface area contributed by atoms with Gasteiger partial charge < -0.3 is 30.5 Å². The Morgan fingerprint density at radius 1 is 0.851 bits per heavy atom. The molecule has 4 atom stereocenters. The number of carbonyl (C=O) groups is 4. The third kappa shape index (κ3) is 16.6. The fourth-order valence-corrected chi connectivity index (χ4v) is 4.91. The van der Waals surface area contributed by atoms with Gasteiger partial charge in [0, 0.05) is 19.0 Å². The van der Waals surface area contributed by atoms with Crippen molar-refractivity contribution in [2.45, 2.75) is 77.0 Å². The number of hydrogen-bond acceptors (Lipinski definition) is 7. The second-order valence-electron chi connectivity index (χ2n) is 11.6. The lowest BCUT2D eigenvalue weighted by Gasteiger charge is -2.24. The van der Waals surface area contributed by atoms with Gasteiger partial charge in [0.15, 0.2) is 0 Å². The Bertz CT molecular complexity index is 1240. The highest BCUT2D eigenvalue weighted by atomic mass is 16.5. The zero-order chi connectivity index (χ0) is 34.3. The molecular formula is C37H51N3O7. The van der Waals surface area contributed by atoms with Crippen molar-refractivity contribution in [3.8, 4) is 0 Å². The van der Waals surface area contributed by atoms with Crippen LogP contribution >= 0.6 is 0 Å². The Morgan fingerprint density at radius 2 is 1.53 bits per heavy atom. The summed E-state index contributed by atoms with van der Waals surface area (Å²) >= 11 is 0. The van der Waals surface area contributed by atoms with Crippen LogP contribution in [0.4, 0.5) is 4.79 Å². The van der Waals surface area contributed by atoms with E-state index < -0.39 is 24.1 Å². The van der Waals surface area contributed by atoms with Crippen LogP contribution in [0.3, 0.4) is 0 Å². The van der Waals surface area contributed by atoms with E-state index in [0.29, 0.717) is 45.1 Å². The maximum atomic E-state index is 13.3. The number of alkyl carbamates (subject to hydrolysis) is 1. The molecule has 0 aliphatic carbocycles. The van der Waals surface area contributed by atoms with Crippen LogP contribution in [0.1, 0.15) is 63.0 Å². The molecule has 0 heterocycles. The SMILES string of the molecule is C=CCC[C@H](Cc1ccccc1)C(=O)OC[C@H](CCCCNC(=O)OCc1ccccc1)NC(=O)[C@@H](CC=C)CC(=O)N[C@@H](C)CO. The van der Waals surface area contributed by atoms with Gasteiger partial charge in [0.1, 0.15) is 13.2 Å². The summed E-state index contributed by atoms with van der Waals surface area (Å²) in [4.78, 5) is 51.2. The summed E-state index contributed by atoms with van der Waals surface area (Å²) in [6.07, 6.45) is 6.51. The van der Waals surface area contributed by atoms with Gasteiger partial charge in [0.2, 0.25) is 11.8 Å². The molecule has 0 spiro atoms. The third-order valence-corrected chi connectivity index (χ3v) is 7.55. The summed E-state index contributed by atoms with van der Waals surface area (Å²) in [5, 5.41) is 17.6. The first-order valence-corrected chi connectivity index (χ1v) is 16.3. The van der Waals surface area contributed by atoms with Crippen molar-refractivity contribution in [3.63, 3.8) is 0 Å². The summed E-state index contributed by atoms with van der Waals surface area (Å²) in [5.41, 5.74) is 1.92. The summed E-state index contributed by atoms with van der Waals surface area (Å²) in [6, 6.07) is 18.2. The predicted octanol–water partition coefficient (Wildman–Crippen LogP) is 5.02. The minimum atomic E-state index is -0.684. The number of amides is 3. The molecule has 2 rings (SSSR count). The highest BCUT2D eigenvalue weighted by Crippen LogP contribution is 2.18. The molecule has 256 valence electrons. The zero-order valence-corrected chi connectivity index (χ0v) is 27.5. The first-order valence-electron chi connectivity index (χ1n) is 16.3. The van der Waals surface area contributed by atoms with Crippen LogP contribution in [-0.4, -0.2) is 60.8 Å². The normalized spacial score (nSPS) is 13.2. The first-order chi connectivity index (χ1) is 22.7. The van der Waals surface area contributed by atoms with Gasteiger partial charge in [-0.2, -0.15) is 0 Å².